The van der Waals surface area contributed by atoms with Crippen LogP contribution in [0.5, 0.6) is 5.88 Å². The molecule has 0 N–H and O–H groups in total. The summed E-state index contributed by atoms with van der Waals surface area (Å²) in [6.45, 7) is 8.99. The van der Waals surface area contributed by atoms with Crippen LogP contribution in [0.4, 0.5) is 0 Å². The van der Waals surface area contributed by atoms with Crippen LogP contribution < -0.4 is 4.74 Å². The summed E-state index contributed by atoms with van der Waals surface area (Å²) in [5.74, 6) is 1.73. The fourth-order valence-corrected chi connectivity index (χ4v) is 1.32. The van der Waals surface area contributed by atoms with Crippen molar-refractivity contribution in [3.63, 3.8) is 0 Å². The second-order valence-corrected chi connectivity index (χ2v) is 3.68. The van der Waals surface area contributed by atoms with Crippen LogP contribution in [-0.2, 0) is 4.74 Å². The first-order valence-electron chi connectivity index (χ1n) is 5.58. The lowest BCUT2D eigenvalue weighted by molar-refractivity contribution is 0.316. The van der Waals surface area contributed by atoms with E-state index in [2.05, 4.69) is 35.8 Å². The van der Waals surface area contributed by atoms with Crippen molar-refractivity contribution in [1.29, 1.82) is 0 Å². The Kier molecular flexibility index (Phi) is 9.26. The molecule has 1 rings (SSSR count). The summed E-state index contributed by atoms with van der Waals surface area (Å²) in [6, 6.07) is 5.68. The molecule has 104 valence electrons. The molecule has 0 aliphatic carbocycles. The number of pyridine rings is 1. The van der Waals surface area contributed by atoms with Crippen molar-refractivity contribution in [3.05, 3.63) is 49.0 Å². The van der Waals surface area contributed by atoms with E-state index in [0.717, 1.165) is 5.69 Å². The highest BCUT2D eigenvalue weighted by molar-refractivity contribution is 7.81. The Morgan fingerprint density at radius 3 is 2.53 bits per heavy atom. The van der Waals surface area contributed by atoms with Crippen LogP contribution in [0.25, 0.3) is 0 Å². The molecule has 5 heteroatoms. The van der Waals surface area contributed by atoms with E-state index in [4.69, 9.17) is 9.47 Å². The van der Waals surface area contributed by atoms with Crippen LogP contribution >= 0.6 is 12.6 Å². The van der Waals surface area contributed by atoms with Gasteiger partial charge in [-0.3, -0.25) is 4.99 Å². The summed E-state index contributed by atoms with van der Waals surface area (Å²) >= 11 is 4.02. The summed E-state index contributed by atoms with van der Waals surface area (Å²) in [5.41, 5.74) is 1.69. The summed E-state index contributed by atoms with van der Waals surface area (Å²) in [5, 5.41) is 0. The lowest BCUT2D eigenvalue weighted by Gasteiger charge is -2.02. The first-order chi connectivity index (χ1) is 9.08. The summed E-state index contributed by atoms with van der Waals surface area (Å²) in [6.07, 6.45) is 1.44. The fraction of sp³-hybridized carbons (Fsp3) is 0.286. The van der Waals surface area contributed by atoms with Crippen LogP contribution in [0.2, 0.25) is 0 Å². The molecule has 0 saturated heterocycles. The predicted molar refractivity (Wildman–Crippen MR) is 83.2 cm³/mol. The molecule has 1 aromatic heterocycles. The van der Waals surface area contributed by atoms with Gasteiger partial charge in [0.2, 0.25) is 5.88 Å². The number of ether oxygens (including phenoxy) is 2. The van der Waals surface area contributed by atoms with Gasteiger partial charge in [0, 0.05) is 23.7 Å². The number of nitrogens with zero attached hydrogens (tertiary/aromatic N) is 2. The van der Waals surface area contributed by atoms with Crippen molar-refractivity contribution < 1.29 is 9.47 Å². The maximum atomic E-state index is 4.88. The van der Waals surface area contributed by atoms with E-state index in [-0.39, 0.29) is 0 Å². The summed E-state index contributed by atoms with van der Waals surface area (Å²) in [7, 11) is 3.16. The zero-order chi connectivity index (χ0) is 14.7. The van der Waals surface area contributed by atoms with Gasteiger partial charge in [0.15, 0.2) is 0 Å². The number of hydrogen-bond acceptors (Lipinski definition) is 5. The molecule has 0 aliphatic heterocycles. The Morgan fingerprint density at radius 2 is 2.16 bits per heavy atom. The van der Waals surface area contributed by atoms with E-state index in [1.54, 1.807) is 14.2 Å². The molecule has 0 bridgehead atoms. The molecular formula is C14H20N2O2S. The SMILES string of the molecule is C=CN=C(CS)C(=C)OC.COc1cccc(C)n1. The number of aryl methyl sites for hydroxylation is 1. The molecule has 1 aromatic rings. The normalized spacial score (nSPS) is 10.0. The van der Waals surface area contributed by atoms with Gasteiger partial charge in [0.25, 0.3) is 0 Å². The predicted octanol–water partition coefficient (Wildman–Crippen LogP) is 3.06. The molecule has 0 aromatic carbocycles. The van der Waals surface area contributed by atoms with E-state index in [9.17, 15) is 0 Å². The molecule has 0 radical (unpaired) electrons. The topological polar surface area (TPSA) is 43.7 Å². The number of allylic oxidation sites excluding steroid dienone is 1. The van der Waals surface area contributed by atoms with E-state index < -0.39 is 0 Å². The zero-order valence-corrected chi connectivity index (χ0v) is 12.5. The number of hydrogen-bond donors (Lipinski definition) is 1. The minimum atomic E-state index is 0.513. The second-order valence-electron chi connectivity index (χ2n) is 3.37. The smallest absolute Gasteiger partial charge is 0.213 e. The molecule has 0 spiro atoms. The third-order valence-electron chi connectivity index (χ3n) is 2.04. The molecular weight excluding hydrogens is 260 g/mol. The number of methoxy groups -OCH3 is 2. The van der Waals surface area contributed by atoms with Crippen LogP contribution in [0.1, 0.15) is 5.69 Å². The van der Waals surface area contributed by atoms with Gasteiger partial charge >= 0.3 is 0 Å². The van der Waals surface area contributed by atoms with Gasteiger partial charge < -0.3 is 9.47 Å². The van der Waals surface area contributed by atoms with E-state index in [1.165, 1.54) is 6.20 Å². The zero-order valence-electron chi connectivity index (χ0n) is 11.6. The number of rotatable bonds is 5. The Hall–Kier alpha value is -1.75. The highest BCUT2D eigenvalue weighted by atomic mass is 32.1. The van der Waals surface area contributed by atoms with Crippen molar-refractivity contribution in [2.75, 3.05) is 20.0 Å². The van der Waals surface area contributed by atoms with Gasteiger partial charge in [-0.1, -0.05) is 19.2 Å². The molecule has 0 saturated carbocycles. The monoisotopic (exact) mass is 280 g/mol. The van der Waals surface area contributed by atoms with Crippen molar-refractivity contribution >= 4 is 18.3 Å². The average Bonchev–Trinajstić information content (AvgIpc) is 2.44. The number of thiol groups is 1. The molecule has 0 amide bonds. The quantitative estimate of drug-likeness (QED) is 0.512. The maximum Gasteiger partial charge on any atom is 0.213 e. The van der Waals surface area contributed by atoms with Gasteiger partial charge in [-0.25, -0.2) is 4.98 Å². The van der Waals surface area contributed by atoms with Gasteiger partial charge in [0.05, 0.1) is 19.9 Å². The summed E-state index contributed by atoms with van der Waals surface area (Å²) < 4.78 is 9.72. The minimum absolute atomic E-state index is 0.513. The van der Waals surface area contributed by atoms with Crippen LogP contribution in [0.3, 0.4) is 0 Å². The first kappa shape index (κ1) is 17.2. The lowest BCUT2D eigenvalue weighted by Crippen LogP contribution is -2.04. The molecule has 0 unspecified atom stereocenters. The number of aliphatic imine (C=N–C) groups is 1. The Bertz CT molecular complexity index is 445. The molecule has 0 atom stereocenters. The van der Waals surface area contributed by atoms with Gasteiger partial charge in [-0.2, -0.15) is 12.6 Å². The van der Waals surface area contributed by atoms with E-state index in [0.29, 0.717) is 23.1 Å². The molecule has 19 heavy (non-hydrogen) atoms. The van der Waals surface area contributed by atoms with Gasteiger partial charge in [-0.15, -0.1) is 0 Å². The van der Waals surface area contributed by atoms with Crippen LogP contribution in [-0.4, -0.2) is 30.7 Å². The van der Waals surface area contributed by atoms with E-state index in [1.807, 2.05) is 25.1 Å². The Morgan fingerprint density at radius 1 is 1.47 bits per heavy atom. The highest BCUT2D eigenvalue weighted by Gasteiger charge is 1.99. The largest absolute Gasteiger partial charge is 0.495 e. The Balaban J connectivity index is 0.000000342. The molecule has 0 fully saturated rings. The highest BCUT2D eigenvalue weighted by Crippen LogP contribution is 2.04. The molecule has 1 heterocycles. The molecule has 0 aliphatic rings. The first-order valence-corrected chi connectivity index (χ1v) is 6.21. The van der Waals surface area contributed by atoms with E-state index >= 15 is 0 Å². The third-order valence-corrected chi connectivity index (χ3v) is 2.34. The third kappa shape index (κ3) is 7.31. The standard InChI is InChI=1S/C7H11NOS.C7H9NO/c1-4-8-7(5-10)6(2)9-3;1-6-4-3-5-7(8-6)9-2/h4,10H,1-2,5H2,3H3;3-5H,1-2H3. The fourth-order valence-electron chi connectivity index (χ4n) is 1.06. The Labute approximate surface area is 120 Å². The van der Waals surface area contributed by atoms with Gasteiger partial charge in [0.1, 0.15) is 5.76 Å². The summed E-state index contributed by atoms with van der Waals surface area (Å²) in [4.78, 5) is 7.96. The van der Waals surface area contributed by atoms with Crippen LogP contribution in [0.15, 0.2) is 48.3 Å². The van der Waals surface area contributed by atoms with Crippen molar-refractivity contribution in [2.24, 2.45) is 4.99 Å². The maximum absolute atomic E-state index is 4.88. The lowest BCUT2D eigenvalue weighted by atomic mass is 10.4. The van der Waals surface area contributed by atoms with Crippen LogP contribution in [0, 0.1) is 6.92 Å². The van der Waals surface area contributed by atoms with Crippen molar-refractivity contribution in [3.8, 4) is 5.88 Å². The average molecular weight is 280 g/mol. The van der Waals surface area contributed by atoms with Crippen molar-refractivity contribution in [2.45, 2.75) is 6.92 Å². The number of aromatic nitrogens is 1. The second kappa shape index (κ2) is 10.2. The minimum Gasteiger partial charge on any atom is -0.495 e. The van der Waals surface area contributed by atoms with Gasteiger partial charge in [-0.05, 0) is 13.0 Å². The van der Waals surface area contributed by atoms with Crippen molar-refractivity contribution in [1.82, 2.24) is 4.98 Å². The molecule has 4 nitrogen and oxygen atoms in total.